The van der Waals surface area contributed by atoms with Crippen LogP contribution in [0.1, 0.15) is 12.8 Å². The molecule has 0 amide bonds. The number of fused-ring (bicyclic) bond motifs is 1. The summed E-state index contributed by atoms with van der Waals surface area (Å²) in [5, 5.41) is 6.07. The van der Waals surface area contributed by atoms with Crippen LogP contribution in [0.5, 0.6) is 0 Å². The molecule has 2 rings (SSSR count). The van der Waals surface area contributed by atoms with Crippen LogP contribution < -0.4 is 5.32 Å². The van der Waals surface area contributed by atoms with Crippen molar-refractivity contribution in [2.45, 2.75) is 12.8 Å². The Hall–Kier alpha value is -1.54. The standard InChI is InChI=1S/C15H19NO/c1-17-12-5-4-11-16-15-10-6-8-13-7-2-3-9-14(13)15/h2-3,6-10,16H,4-5,11-12H2,1H3. The first kappa shape index (κ1) is 11.9. The highest BCUT2D eigenvalue weighted by Crippen LogP contribution is 2.22. The van der Waals surface area contributed by atoms with Gasteiger partial charge >= 0.3 is 0 Å². The van der Waals surface area contributed by atoms with Crippen LogP contribution in [0.15, 0.2) is 42.5 Å². The minimum absolute atomic E-state index is 0.844. The Morgan fingerprint density at radius 1 is 1.00 bits per heavy atom. The Morgan fingerprint density at radius 3 is 2.71 bits per heavy atom. The Bertz CT molecular complexity index is 462. The highest BCUT2D eigenvalue weighted by molar-refractivity contribution is 5.93. The van der Waals surface area contributed by atoms with Crippen LogP contribution in [0, 0.1) is 0 Å². The number of benzene rings is 2. The van der Waals surface area contributed by atoms with Gasteiger partial charge in [0, 0.05) is 31.3 Å². The van der Waals surface area contributed by atoms with Crippen molar-refractivity contribution in [2.75, 3.05) is 25.6 Å². The lowest BCUT2D eigenvalue weighted by atomic mass is 10.1. The van der Waals surface area contributed by atoms with Crippen LogP contribution in [-0.2, 0) is 4.74 Å². The summed E-state index contributed by atoms with van der Waals surface area (Å²) in [6, 6.07) is 14.8. The van der Waals surface area contributed by atoms with Gasteiger partial charge in [-0.1, -0.05) is 36.4 Å². The number of rotatable bonds is 6. The van der Waals surface area contributed by atoms with Gasteiger partial charge in [-0.3, -0.25) is 0 Å². The Labute approximate surface area is 103 Å². The van der Waals surface area contributed by atoms with Gasteiger partial charge in [0.2, 0.25) is 0 Å². The molecule has 2 aromatic rings. The molecule has 0 aliphatic carbocycles. The van der Waals surface area contributed by atoms with E-state index >= 15 is 0 Å². The molecule has 0 unspecified atom stereocenters. The van der Waals surface area contributed by atoms with Crippen molar-refractivity contribution in [2.24, 2.45) is 0 Å². The van der Waals surface area contributed by atoms with E-state index in [-0.39, 0.29) is 0 Å². The van der Waals surface area contributed by atoms with Crippen molar-refractivity contribution in [3.8, 4) is 0 Å². The van der Waals surface area contributed by atoms with Crippen LogP contribution in [0.4, 0.5) is 5.69 Å². The van der Waals surface area contributed by atoms with Crippen LogP contribution in [0.3, 0.4) is 0 Å². The van der Waals surface area contributed by atoms with Gasteiger partial charge in [-0.05, 0) is 24.3 Å². The minimum atomic E-state index is 0.844. The zero-order valence-corrected chi connectivity index (χ0v) is 10.3. The second kappa shape index (κ2) is 6.26. The largest absolute Gasteiger partial charge is 0.385 e. The molecule has 0 saturated carbocycles. The third-order valence-corrected chi connectivity index (χ3v) is 2.88. The molecule has 0 heterocycles. The number of hydrogen-bond acceptors (Lipinski definition) is 2. The van der Waals surface area contributed by atoms with Gasteiger partial charge in [-0.25, -0.2) is 0 Å². The molecule has 0 fully saturated rings. The van der Waals surface area contributed by atoms with Crippen LogP contribution in [-0.4, -0.2) is 20.3 Å². The van der Waals surface area contributed by atoms with Gasteiger partial charge < -0.3 is 10.1 Å². The summed E-state index contributed by atoms with van der Waals surface area (Å²) in [4.78, 5) is 0. The first-order valence-corrected chi connectivity index (χ1v) is 6.12. The van der Waals surface area contributed by atoms with Crippen molar-refractivity contribution in [3.05, 3.63) is 42.5 Å². The lowest BCUT2D eigenvalue weighted by molar-refractivity contribution is 0.194. The number of anilines is 1. The predicted molar refractivity (Wildman–Crippen MR) is 73.5 cm³/mol. The Morgan fingerprint density at radius 2 is 1.82 bits per heavy atom. The first-order chi connectivity index (χ1) is 8.42. The van der Waals surface area contributed by atoms with Crippen LogP contribution in [0.2, 0.25) is 0 Å². The molecule has 2 aromatic carbocycles. The topological polar surface area (TPSA) is 21.3 Å². The first-order valence-electron chi connectivity index (χ1n) is 6.12. The molecule has 0 aliphatic heterocycles. The summed E-state index contributed by atoms with van der Waals surface area (Å²) in [7, 11) is 1.75. The minimum Gasteiger partial charge on any atom is -0.385 e. The molecule has 0 saturated heterocycles. The maximum Gasteiger partial charge on any atom is 0.0462 e. The van der Waals surface area contributed by atoms with Gasteiger partial charge in [0.05, 0.1) is 0 Å². The monoisotopic (exact) mass is 229 g/mol. The smallest absolute Gasteiger partial charge is 0.0462 e. The molecule has 17 heavy (non-hydrogen) atoms. The van der Waals surface area contributed by atoms with Gasteiger partial charge in [0.15, 0.2) is 0 Å². The second-order valence-electron chi connectivity index (χ2n) is 4.15. The van der Waals surface area contributed by atoms with Crippen molar-refractivity contribution in [1.82, 2.24) is 0 Å². The quantitative estimate of drug-likeness (QED) is 0.763. The molecule has 0 radical (unpaired) electrons. The molecular weight excluding hydrogens is 210 g/mol. The summed E-state index contributed by atoms with van der Waals surface area (Å²) in [5.74, 6) is 0. The third kappa shape index (κ3) is 3.21. The van der Waals surface area contributed by atoms with E-state index < -0.39 is 0 Å². The molecule has 90 valence electrons. The fourth-order valence-corrected chi connectivity index (χ4v) is 1.97. The van der Waals surface area contributed by atoms with Crippen LogP contribution in [0.25, 0.3) is 10.8 Å². The fourth-order valence-electron chi connectivity index (χ4n) is 1.97. The van der Waals surface area contributed by atoms with E-state index in [1.54, 1.807) is 7.11 Å². The van der Waals surface area contributed by atoms with Crippen molar-refractivity contribution in [1.29, 1.82) is 0 Å². The molecule has 1 N–H and O–H groups in total. The number of unbranched alkanes of at least 4 members (excludes halogenated alkanes) is 1. The SMILES string of the molecule is COCCCCNc1cccc2ccccc12. The molecule has 0 aliphatic rings. The van der Waals surface area contributed by atoms with Gasteiger partial charge in [-0.15, -0.1) is 0 Å². The molecule has 0 atom stereocenters. The lowest BCUT2D eigenvalue weighted by Crippen LogP contribution is -2.03. The second-order valence-corrected chi connectivity index (χ2v) is 4.15. The molecule has 2 nitrogen and oxygen atoms in total. The average molecular weight is 229 g/mol. The third-order valence-electron chi connectivity index (χ3n) is 2.88. The zero-order chi connectivity index (χ0) is 11.9. The summed E-state index contributed by atoms with van der Waals surface area (Å²) in [6.45, 7) is 1.84. The predicted octanol–water partition coefficient (Wildman–Crippen LogP) is 3.68. The highest BCUT2D eigenvalue weighted by Gasteiger charge is 1.98. The normalized spacial score (nSPS) is 10.6. The number of methoxy groups -OCH3 is 1. The van der Waals surface area contributed by atoms with Crippen molar-refractivity contribution < 1.29 is 4.74 Å². The van der Waals surface area contributed by atoms with Gasteiger partial charge in [0.1, 0.15) is 0 Å². The fraction of sp³-hybridized carbons (Fsp3) is 0.333. The number of ether oxygens (including phenoxy) is 1. The van der Waals surface area contributed by atoms with Crippen LogP contribution >= 0.6 is 0 Å². The van der Waals surface area contributed by atoms with Crippen molar-refractivity contribution in [3.63, 3.8) is 0 Å². The Balaban J connectivity index is 1.98. The molecule has 0 bridgehead atoms. The van der Waals surface area contributed by atoms with Gasteiger partial charge in [0.25, 0.3) is 0 Å². The van der Waals surface area contributed by atoms with E-state index in [1.165, 1.54) is 16.5 Å². The van der Waals surface area contributed by atoms with E-state index in [0.717, 1.165) is 26.0 Å². The lowest BCUT2D eigenvalue weighted by Gasteiger charge is -2.09. The zero-order valence-electron chi connectivity index (χ0n) is 10.3. The number of hydrogen-bond donors (Lipinski definition) is 1. The highest BCUT2D eigenvalue weighted by atomic mass is 16.5. The molecule has 0 spiro atoms. The molecule has 0 aromatic heterocycles. The summed E-state index contributed by atoms with van der Waals surface area (Å²) < 4.78 is 5.04. The number of nitrogens with one attached hydrogen (secondary N) is 1. The van der Waals surface area contributed by atoms with E-state index in [1.807, 2.05) is 0 Å². The summed E-state index contributed by atoms with van der Waals surface area (Å²) >= 11 is 0. The Kier molecular flexibility index (Phi) is 4.39. The average Bonchev–Trinajstić information content (AvgIpc) is 2.39. The molecular formula is C15H19NO. The van der Waals surface area contributed by atoms with E-state index in [4.69, 9.17) is 4.74 Å². The summed E-state index contributed by atoms with van der Waals surface area (Å²) in [5.41, 5.74) is 1.22. The van der Waals surface area contributed by atoms with Gasteiger partial charge in [-0.2, -0.15) is 0 Å². The molecule has 2 heteroatoms. The summed E-state index contributed by atoms with van der Waals surface area (Å²) in [6.07, 6.45) is 2.24. The maximum absolute atomic E-state index is 5.04. The van der Waals surface area contributed by atoms with E-state index in [9.17, 15) is 0 Å². The van der Waals surface area contributed by atoms with Crippen molar-refractivity contribution >= 4 is 16.5 Å². The maximum atomic E-state index is 5.04. The van der Waals surface area contributed by atoms with E-state index in [0.29, 0.717) is 0 Å². The van der Waals surface area contributed by atoms with E-state index in [2.05, 4.69) is 47.8 Å².